The van der Waals surface area contributed by atoms with E-state index < -0.39 is 11.6 Å². The Hall–Kier alpha value is -0.640. The molecular weight excluding hydrogens is 312 g/mol. The predicted molar refractivity (Wildman–Crippen MR) is 76.7 cm³/mol. The number of hydrogen-bond donors (Lipinski definition) is 0. The molecule has 2 saturated carbocycles. The monoisotopic (exact) mass is 329 g/mol. The predicted octanol–water partition coefficient (Wildman–Crippen LogP) is 4.49. The Kier molecular flexibility index (Phi) is 3.79. The zero-order chi connectivity index (χ0) is 13.4. The summed E-state index contributed by atoms with van der Waals surface area (Å²) in [5, 5.41) is 0.479. The van der Waals surface area contributed by atoms with Gasteiger partial charge in [0.25, 0.3) is 0 Å². The first-order valence-corrected chi connectivity index (χ1v) is 8.08. The summed E-state index contributed by atoms with van der Waals surface area (Å²) in [5.74, 6) is 0.424. The fourth-order valence-corrected chi connectivity index (χ4v) is 2.80. The van der Waals surface area contributed by atoms with Crippen molar-refractivity contribution in [2.45, 2.75) is 31.0 Å². The Bertz CT molecular complexity index is 432. The van der Waals surface area contributed by atoms with E-state index >= 15 is 0 Å². The lowest BCUT2D eigenvalue weighted by Crippen LogP contribution is -2.30. The van der Waals surface area contributed by atoms with E-state index in [4.69, 9.17) is 0 Å². The van der Waals surface area contributed by atoms with Gasteiger partial charge in [-0.1, -0.05) is 15.9 Å². The molecule has 0 N–H and O–H groups in total. The van der Waals surface area contributed by atoms with E-state index in [-0.39, 0.29) is 5.69 Å². The third-order valence-electron chi connectivity index (χ3n) is 3.90. The molecule has 2 aliphatic rings. The minimum Gasteiger partial charge on any atom is -0.366 e. The average molecular weight is 330 g/mol. The van der Waals surface area contributed by atoms with Crippen molar-refractivity contribution >= 4 is 21.6 Å². The van der Waals surface area contributed by atoms with Gasteiger partial charge in [-0.25, -0.2) is 8.78 Å². The second-order valence-corrected chi connectivity index (χ2v) is 6.39. The first-order valence-electron chi connectivity index (χ1n) is 6.96. The molecule has 1 nitrogen and oxygen atoms in total. The lowest BCUT2D eigenvalue weighted by Gasteiger charge is -2.26. The van der Waals surface area contributed by atoms with Crippen LogP contribution < -0.4 is 4.90 Å². The Morgan fingerprint density at radius 2 is 1.47 bits per heavy atom. The summed E-state index contributed by atoms with van der Waals surface area (Å²) in [7, 11) is 0. The smallest absolute Gasteiger partial charge is 0.149 e. The van der Waals surface area contributed by atoms with E-state index in [1.165, 1.54) is 37.8 Å². The van der Waals surface area contributed by atoms with Crippen LogP contribution in [0.15, 0.2) is 12.1 Å². The van der Waals surface area contributed by atoms with Crippen LogP contribution in [0.2, 0.25) is 0 Å². The minimum absolute atomic E-state index is 0.184. The summed E-state index contributed by atoms with van der Waals surface area (Å²) in [4.78, 5) is 1.94. The second-order valence-electron chi connectivity index (χ2n) is 5.83. The SMILES string of the molecule is Fc1cc(CBr)cc(F)c1N(CC1CC1)CC1CC1. The number of benzene rings is 1. The maximum atomic E-state index is 14.2. The van der Waals surface area contributed by atoms with E-state index in [0.29, 0.717) is 22.7 Å². The minimum atomic E-state index is -0.421. The van der Waals surface area contributed by atoms with Crippen LogP contribution in [0.5, 0.6) is 0 Å². The van der Waals surface area contributed by atoms with Crippen LogP contribution in [0.4, 0.5) is 14.5 Å². The highest BCUT2D eigenvalue weighted by atomic mass is 79.9. The molecule has 0 saturated heterocycles. The van der Waals surface area contributed by atoms with Gasteiger partial charge in [0.2, 0.25) is 0 Å². The zero-order valence-corrected chi connectivity index (χ0v) is 12.4. The van der Waals surface area contributed by atoms with Crippen LogP contribution in [-0.4, -0.2) is 13.1 Å². The molecule has 1 aromatic rings. The first kappa shape index (κ1) is 13.3. The zero-order valence-electron chi connectivity index (χ0n) is 10.8. The molecular formula is C15H18BrF2N. The van der Waals surface area contributed by atoms with Gasteiger partial charge < -0.3 is 4.90 Å². The number of hydrogen-bond acceptors (Lipinski definition) is 1. The molecule has 4 heteroatoms. The number of alkyl halides is 1. The maximum Gasteiger partial charge on any atom is 0.149 e. The molecule has 19 heavy (non-hydrogen) atoms. The van der Waals surface area contributed by atoms with Crippen LogP contribution in [-0.2, 0) is 5.33 Å². The van der Waals surface area contributed by atoms with Gasteiger partial charge in [-0.3, -0.25) is 0 Å². The lowest BCUT2D eigenvalue weighted by molar-refractivity contribution is 0.557. The standard InChI is InChI=1S/C15H18BrF2N/c16-7-12-5-13(17)15(14(18)6-12)19(8-10-1-2-10)9-11-3-4-11/h5-6,10-11H,1-4,7-9H2. The molecule has 3 rings (SSSR count). The van der Waals surface area contributed by atoms with Gasteiger partial charge in [0.1, 0.15) is 17.3 Å². The Labute approximate surface area is 121 Å². The normalized spacial score (nSPS) is 18.7. The number of nitrogens with zero attached hydrogens (tertiary/aromatic N) is 1. The lowest BCUT2D eigenvalue weighted by atomic mass is 10.1. The van der Waals surface area contributed by atoms with Gasteiger partial charge >= 0.3 is 0 Å². The topological polar surface area (TPSA) is 3.24 Å². The molecule has 0 amide bonds. The first-order chi connectivity index (χ1) is 9.17. The third kappa shape index (κ3) is 3.28. The Morgan fingerprint density at radius 1 is 1.00 bits per heavy atom. The summed E-state index contributed by atoms with van der Waals surface area (Å²) in [5.41, 5.74) is 0.833. The third-order valence-corrected chi connectivity index (χ3v) is 4.55. The fourth-order valence-electron chi connectivity index (χ4n) is 2.48. The average Bonchev–Trinajstić information content (AvgIpc) is 3.23. The molecule has 0 unspecified atom stereocenters. The molecule has 0 spiro atoms. The van der Waals surface area contributed by atoms with E-state index in [1.807, 2.05) is 4.90 Å². The second kappa shape index (κ2) is 5.39. The highest BCUT2D eigenvalue weighted by molar-refractivity contribution is 9.08. The molecule has 104 valence electrons. The molecule has 0 atom stereocenters. The molecule has 0 heterocycles. The molecule has 2 fully saturated rings. The molecule has 0 aromatic heterocycles. The summed E-state index contributed by atoms with van der Waals surface area (Å²) in [6.45, 7) is 1.61. The van der Waals surface area contributed by atoms with Crippen LogP contribution >= 0.6 is 15.9 Å². The van der Waals surface area contributed by atoms with Crippen molar-refractivity contribution in [2.24, 2.45) is 11.8 Å². The van der Waals surface area contributed by atoms with Gasteiger partial charge in [0, 0.05) is 18.4 Å². The van der Waals surface area contributed by atoms with E-state index in [9.17, 15) is 8.78 Å². The number of halogens is 3. The number of rotatable bonds is 6. The van der Waals surface area contributed by atoms with Crippen LogP contribution in [0.25, 0.3) is 0 Å². The van der Waals surface area contributed by atoms with E-state index in [1.54, 1.807) is 0 Å². The summed E-state index contributed by atoms with van der Waals surface area (Å²) < 4.78 is 28.4. The van der Waals surface area contributed by atoms with Crippen molar-refractivity contribution in [2.75, 3.05) is 18.0 Å². The Morgan fingerprint density at radius 3 is 1.84 bits per heavy atom. The van der Waals surface area contributed by atoms with Crippen LogP contribution in [0.1, 0.15) is 31.2 Å². The highest BCUT2D eigenvalue weighted by Gasteiger charge is 2.31. The molecule has 0 bridgehead atoms. The quantitative estimate of drug-likeness (QED) is 0.695. The van der Waals surface area contributed by atoms with Gasteiger partial charge in [0.05, 0.1) is 0 Å². The van der Waals surface area contributed by atoms with Gasteiger partial charge in [0.15, 0.2) is 0 Å². The van der Waals surface area contributed by atoms with Crippen molar-refractivity contribution in [3.05, 3.63) is 29.3 Å². The van der Waals surface area contributed by atoms with Crippen molar-refractivity contribution in [3.8, 4) is 0 Å². The Balaban J connectivity index is 1.86. The fraction of sp³-hybridized carbons (Fsp3) is 0.600. The van der Waals surface area contributed by atoms with E-state index in [0.717, 1.165) is 13.1 Å². The van der Waals surface area contributed by atoms with Crippen molar-refractivity contribution in [3.63, 3.8) is 0 Å². The van der Waals surface area contributed by atoms with Crippen molar-refractivity contribution < 1.29 is 8.78 Å². The van der Waals surface area contributed by atoms with Crippen LogP contribution in [0.3, 0.4) is 0 Å². The largest absolute Gasteiger partial charge is 0.366 e. The summed E-state index contributed by atoms with van der Waals surface area (Å²) >= 11 is 3.24. The summed E-state index contributed by atoms with van der Waals surface area (Å²) in [6.07, 6.45) is 4.79. The molecule has 0 radical (unpaired) electrons. The molecule has 1 aromatic carbocycles. The van der Waals surface area contributed by atoms with Gasteiger partial charge in [-0.15, -0.1) is 0 Å². The highest BCUT2D eigenvalue weighted by Crippen LogP contribution is 2.37. The number of anilines is 1. The molecule has 0 aliphatic heterocycles. The van der Waals surface area contributed by atoms with Crippen molar-refractivity contribution in [1.82, 2.24) is 0 Å². The summed E-state index contributed by atoms with van der Waals surface area (Å²) in [6, 6.07) is 2.89. The molecule has 2 aliphatic carbocycles. The van der Waals surface area contributed by atoms with Gasteiger partial charge in [-0.05, 0) is 55.2 Å². The van der Waals surface area contributed by atoms with Gasteiger partial charge in [-0.2, -0.15) is 0 Å². The van der Waals surface area contributed by atoms with Crippen LogP contribution in [0, 0.1) is 23.5 Å². The maximum absolute atomic E-state index is 14.2. The van der Waals surface area contributed by atoms with Crippen molar-refractivity contribution in [1.29, 1.82) is 0 Å². The van der Waals surface area contributed by atoms with E-state index in [2.05, 4.69) is 15.9 Å².